The quantitative estimate of drug-likeness (QED) is 0.180. The Morgan fingerprint density at radius 1 is 0.977 bits per heavy atom. The van der Waals surface area contributed by atoms with Gasteiger partial charge < -0.3 is 34.7 Å². The van der Waals surface area contributed by atoms with Crippen molar-refractivity contribution in [2.75, 3.05) is 34.5 Å². The fraction of sp³-hybridized carbons (Fsp3) is 0.235. The fourth-order valence-corrected chi connectivity index (χ4v) is 5.08. The Morgan fingerprint density at radius 3 is 2.44 bits per heavy atom. The molecule has 0 fully saturated rings. The number of nitrogens with one attached hydrogen (secondary N) is 2. The second-order valence-electron chi connectivity index (χ2n) is 9.89. The molecule has 5 aromatic rings. The molecular weight excluding hydrogens is 546 g/mol. The van der Waals surface area contributed by atoms with E-state index in [1.54, 1.807) is 18.2 Å². The molecule has 2 aromatic heterocycles. The van der Waals surface area contributed by atoms with Crippen LogP contribution in [0.4, 0.5) is 0 Å². The van der Waals surface area contributed by atoms with Crippen molar-refractivity contribution >= 4 is 27.7 Å². The van der Waals surface area contributed by atoms with Crippen molar-refractivity contribution in [3.63, 3.8) is 0 Å². The first-order chi connectivity index (χ1) is 21.0. The summed E-state index contributed by atoms with van der Waals surface area (Å²) in [5.74, 6) is 6.95. The zero-order valence-corrected chi connectivity index (χ0v) is 24.2. The number of fused-ring (bicyclic) bond motifs is 2. The van der Waals surface area contributed by atoms with Gasteiger partial charge in [-0.1, -0.05) is 30.0 Å². The highest BCUT2D eigenvalue weighted by Crippen LogP contribution is 2.41. The number of pyridine rings is 1. The number of H-pyrrole nitrogens is 1. The molecule has 220 valence electrons. The van der Waals surface area contributed by atoms with Crippen LogP contribution in [0.3, 0.4) is 0 Å². The molecule has 0 bridgehead atoms. The Hall–Kier alpha value is -5.04. The van der Waals surface area contributed by atoms with E-state index in [2.05, 4.69) is 22.1 Å². The van der Waals surface area contributed by atoms with Crippen LogP contribution in [0.1, 0.15) is 27.9 Å². The van der Waals surface area contributed by atoms with E-state index >= 15 is 0 Å². The zero-order valence-electron chi connectivity index (χ0n) is 24.2. The number of rotatable bonds is 10. The summed E-state index contributed by atoms with van der Waals surface area (Å²) in [6.45, 7) is -0.279. The highest BCUT2D eigenvalue weighted by molar-refractivity contribution is 6.07. The number of aromatic amines is 1. The van der Waals surface area contributed by atoms with Crippen molar-refractivity contribution < 1.29 is 29.2 Å². The molecule has 0 spiro atoms. The van der Waals surface area contributed by atoms with E-state index in [0.29, 0.717) is 63.4 Å². The minimum absolute atomic E-state index is 0.0348. The number of carbonyl (C=O) groups excluding carboxylic acids is 1. The van der Waals surface area contributed by atoms with Gasteiger partial charge in [0.1, 0.15) is 0 Å². The number of aliphatic hydroxyl groups excluding tert-OH is 2. The van der Waals surface area contributed by atoms with Gasteiger partial charge in [0, 0.05) is 40.0 Å². The third-order valence-electron chi connectivity index (χ3n) is 7.18. The number of methoxy groups -OCH3 is 3. The number of carbonyl (C=O) groups is 1. The van der Waals surface area contributed by atoms with Crippen LogP contribution in [0.2, 0.25) is 0 Å². The first-order valence-electron chi connectivity index (χ1n) is 13.8. The lowest BCUT2D eigenvalue weighted by Gasteiger charge is -2.18. The highest BCUT2D eigenvalue weighted by atomic mass is 16.5. The molecule has 5 rings (SSSR count). The van der Waals surface area contributed by atoms with Gasteiger partial charge in [0.25, 0.3) is 5.91 Å². The monoisotopic (exact) mass is 579 g/mol. The minimum Gasteiger partial charge on any atom is -0.493 e. The maximum absolute atomic E-state index is 13.9. The molecule has 43 heavy (non-hydrogen) atoms. The second-order valence-corrected chi connectivity index (χ2v) is 9.89. The van der Waals surface area contributed by atoms with Crippen LogP contribution in [-0.2, 0) is 6.42 Å². The molecule has 1 amide bonds. The number of aliphatic hydroxyl groups is 2. The van der Waals surface area contributed by atoms with Crippen molar-refractivity contribution in [2.45, 2.75) is 18.9 Å². The molecule has 0 aliphatic heterocycles. The summed E-state index contributed by atoms with van der Waals surface area (Å²) in [6.07, 6.45) is 2.68. The summed E-state index contributed by atoms with van der Waals surface area (Å²) in [6, 6.07) is 18.1. The molecule has 9 nitrogen and oxygen atoms in total. The number of para-hydroxylation sites is 1. The van der Waals surface area contributed by atoms with Crippen molar-refractivity contribution in [1.29, 1.82) is 0 Å². The molecule has 0 radical (unpaired) electrons. The van der Waals surface area contributed by atoms with Crippen molar-refractivity contribution in [3.8, 4) is 40.3 Å². The second kappa shape index (κ2) is 13.3. The Kier molecular flexibility index (Phi) is 9.11. The van der Waals surface area contributed by atoms with Crippen LogP contribution < -0.4 is 19.5 Å². The van der Waals surface area contributed by atoms with E-state index in [1.165, 1.54) is 21.3 Å². The maximum Gasteiger partial charge on any atom is 0.252 e. The van der Waals surface area contributed by atoms with E-state index in [9.17, 15) is 9.90 Å². The standard InChI is InChI=1S/C34H33N3O6/c1-41-31-16-22(17-32(42-2)33(31)43-3)30-18-27(26-14-21(8-6-7-13-38)11-12-29(26)37-30)34(40)36-24(20-39)15-23-19-35-28-10-5-4-9-25(23)28/h4-5,9-12,14,16-19,24,35,38-39H,7,13,15,20H2,1-3H3,(H,36,40)/t24-/m1/s1. The molecule has 0 saturated carbocycles. The van der Waals surface area contributed by atoms with Crippen LogP contribution in [-0.4, -0.2) is 66.7 Å². The van der Waals surface area contributed by atoms with Crippen LogP contribution in [0, 0.1) is 11.8 Å². The van der Waals surface area contributed by atoms with E-state index in [1.807, 2.05) is 48.7 Å². The lowest BCUT2D eigenvalue weighted by molar-refractivity contribution is 0.0918. The number of benzene rings is 3. The summed E-state index contributed by atoms with van der Waals surface area (Å²) in [4.78, 5) is 22.0. The number of hydrogen-bond acceptors (Lipinski definition) is 7. The first-order valence-corrected chi connectivity index (χ1v) is 13.8. The predicted molar refractivity (Wildman–Crippen MR) is 166 cm³/mol. The Balaban J connectivity index is 1.57. The summed E-state index contributed by atoms with van der Waals surface area (Å²) in [5, 5.41) is 24.0. The van der Waals surface area contributed by atoms with Crippen LogP contribution in [0.5, 0.6) is 17.2 Å². The Bertz CT molecular complexity index is 1810. The first kappa shape index (κ1) is 29.5. The summed E-state index contributed by atoms with van der Waals surface area (Å²) in [5.41, 5.74) is 4.82. The Morgan fingerprint density at radius 2 is 1.74 bits per heavy atom. The van der Waals surface area contributed by atoms with Gasteiger partial charge in [-0.25, -0.2) is 4.98 Å². The average Bonchev–Trinajstić information content (AvgIpc) is 3.45. The van der Waals surface area contributed by atoms with Gasteiger partial charge in [-0.2, -0.15) is 0 Å². The lowest BCUT2D eigenvalue weighted by atomic mass is 10.00. The molecule has 9 heteroatoms. The van der Waals surface area contributed by atoms with Gasteiger partial charge in [0.2, 0.25) is 5.75 Å². The van der Waals surface area contributed by atoms with E-state index in [4.69, 9.17) is 24.3 Å². The number of ether oxygens (including phenoxy) is 3. The smallest absolute Gasteiger partial charge is 0.252 e. The van der Waals surface area contributed by atoms with Gasteiger partial charge in [-0.3, -0.25) is 4.79 Å². The molecule has 0 aliphatic carbocycles. The summed E-state index contributed by atoms with van der Waals surface area (Å²) >= 11 is 0. The number of hydrogen-bond donors (Lipinski definition) is 4. The SMILES string of the molecule is COc1cc(-c2cc(C(=O)N[C@@H](CO)Cc3c[nH]c4ccccc34)c3cc(C#CCCO)ccc3n2)cc(OC)c1OC. The van der Waals surface area contributed by atoms with Gasteiger partial charge in [0.05, 0.1) is 57.4 Å². The van der Waals surface area contributed by atoms with Crippen LogP contribution >= 0.6 is 0 Å². The molecule has 0 unspecified atom stereocenters. The number of nitrogens with zero attached hydrogens (tertiary/aromatic N) is 1. The van der Waals surface area contributed by atoms with Crippen LogP contribution in [0.25, 0.3) is 33.1 Å². The molecule has 2 heterocycles. The highest BCUT2D eigenvalue weighted by Gasteiger charge is 2.21. The van der Waals surface area contributed by atoms with Crippen LogP contribution in [0.15, 0.2) is 66.9 Å². The molecule has 1 atom stereocenters. The van der Waals surface area contributed by atoms with Crippen molar-refractivity contribution in [2.24, 2.45) is 0 Å². The average molecular weight is 580 g/mol. The summed E-state index contributed by atoms with van der Waals surface area (Å²) < 4.78 is 16.6. The third kappa shape index (κ3) is 6.26. The molecule has 4 N–H and O–H groups in total. The zero-order chi connectivity index (χ0) is 30.3. The van der Waals surface area contributed by atoms with Crippen molar-refractivity contribution in [3.05, 3.63) is 83.6 Å². The molecule has 0 aliphatic rings. The number of aromatic nitrogens is 2. The molecular formula is C34H33N3O6. The van der Waals surface area contributed by atoms with Gasteiger partial charge in [0.15, 0.2) is 11.5 Å². The maximum atomic E-state index is 13.9. The molecule has 3 aromatic carbocycles. The Labute approximate surface area is 249 Å². The van der Waals surface area contributed by atoms with Gasteiger partial charge >= 0.3 is 0 Å². The summed E-state index contributed by atoms with van der Waals surface area (Å²) in [7, 11) is 4.61. The van der Waals surface area contributed by atoms with E-state index < -0.39 is 6.04 Å². The largest absolute Gasteiger partial charge is 0.493 e. The normalized spacial score (nSPS) is 11.6. The number of amides is 1. The molecule has 0 saturated heterocycles. The topological polar surface area (TPSA) is 126 Å². The predicted octanol–water partition coefficient (Wildman–Crippen LogP) is 4.48. The van der Waals surface area contributed by atoms with E-state index in [0.717, 1.165) is 16.5 Å². The van der Waals surface area contributed by atoms with E-state index in [-0.39, 0.29) is 19.1 Å². The third-order valence-corrected chi connectivity index (χ3v) is 7.18. The minimum atomic E-state index is -0.535. The van der Waals surface area contributed by atoms with Gasteiger partial charge in [-0.05, 0) is 54.4 Å². The fourth-order valence-electron chi connectivity index (χ4n) is 5.08. The van der Waals surface area contributed by atoms with Crippen molar-refractivity contribution in [1.82, 2.24) is 15.3 Å². The van der Waals surface area contributed by atoms with Gasteiger partial charge in [-0.15, -0.1) is 0 Å². The lowest BCUT2D eigenvalue weighted by Crippen LogP contribution is -2.39.